The molecule has 0 radical (unpaired) electrons. The van der Waals surface area contributed by atoms with E-state index in [1.54, 1.807) is 17.2 Å². The van der Waals surface area contributed by atoms with Crippen LogP contribution in [-0.4, -0.2) is 15.9 Å². The summed E-state index contributed by atoms with van der Waals surface area (Å²) in [5, 5.41) is 3.53. The van der Waals surface area contributed by atoms with Crippen molar-refractivity contribution in [1.82, 2.24) is 9.88 Å². The smallest absolute Gasteiger partial charge is 0.322 e. The zero-order valence-corrected chi connectivity index (χ0v) is 11.8. The summed E-state index contributed by atoms with van der Waals surface area (Å²) in [4.78, 5) is 17.2. The third-order valence-corrected chi connectivity index (χ3v) is 4.01. The van der Waals surface area contributed by atoms with Gasteiger partial charge in [0.1, 0.15) is 5.82 Å². The van der Waals surface area contributed by atoms with Crippen LogP contribution in [0.15, 0.2) is 48.7 Å². The van der Waals surface area contributed by atoms with Gasteiger partial charge in [-0.1, -0.05) is 24.3 Å². The lowest BCUT2D eigenvalue weighted by Crippen LogP contribution is -2.30. The number of nitrogens with one attached hydrogen (secondary N) is 2. The highest BCUT2D eigenvalue weighted by Gasteiger charge is 2.23. The van der Waals surface area contributed by atoms with Crippen molar-refractivity contribution < 1.29 is 9.18 Å². The molecule has 22 heavy (non-hydrogen) atoms. The standard InChI is InChI=1S/C17H14FN3O/c18-13-5-6-15-14(7-13)16(8-19-15)20-17(22)21-9-11-3-1-2-4-12(11)10-21/h1-8,19H,9-10H2,(H,20,22). The van der Waals surface area contributed by atoms with E-state index >= 15 is 0 Å². The van der Waals surface area contributed by atoms with E-state index in [9.17, 15) is 9.18 Å². The van der Waals surface area contributed by atoms with Crippen molar-refractivity contribution in [2.45, 2.75) is 13.1 Å². The Labute approximate surface area is 126 Å². The predicted molar refractivity (Wildman–Crippen MR) is 83.0 cm³/mol. The molecular formula is C17H14FN3O. The summed E-state index contributed by atoms with van der Waals surface area (Å²) < 4.78 is 13.4. The molecule has 110 valence electrons. The number of hydrogen-bond acceptors (Lipinski definition) is 1. The molecule has 1 aromatic heterocycles. The van der Waals surface area contributed by atoms with Crippen molar-refractivity contribution in [2.24, 2.45) is 0 Å². The van der Waals surface area contributed by atoms with Crippen molar-refractivity contribution in [3.8, 4) is 0 Å². The number of benzene rings is 2. The second kappa shape index (κ2) is 4.87. The van der Waals surface area contributed by atoms with E-state index in [0.717, 1.165) is 5.52 Å². The number of carbonyl (C=O) groups is 1. The Morgan fingerprint density at radius 2 is 1.86 bits per heavy atom. The van der Waals surface area contributed by atoms with Crippen LogP contribution in [0.2, 0.25) is 0 Å². The molecular weight excluding hydrogens is 281 g/mol. The van der Waals surface area contributed by atoms with Crippen LogP contribution < -0.4 is 5.32 Å². The molecule has 0 aliphatic carbocycles. The molecule has 2 amide bonds. The first kappa shape index (κ1) is 12.9. The number of carbonyl (C=O) groups excluding carboxylic acids is 1. The number of halogens is 1. The summed E-state index contributed by atoms with van der Waals surface area (Å²) in [5.41, 5.74) is 3.72. The summed E-state index contributed by atoms with van der Waals surface area (Å²) in [6.07, 6.45) is 1.69. The van der Waals surface area contributed by atoms with Gasteiger partial charge in [-0.05, 0) is 29.3 Å². The Kier molecular flexibility index (Phi) is 2.85. The number of urea groups is 1. The van der Waals surface area contributed by atoms with Crippen LogP contribution >= 0.6 is 0 Å². The van der Waals surface area contributed by atoms with E-state index < -0.39 is 0 Å². The number of H-pyrrole nitrogens is 1. The van der Waals surface area contributed by atoms with Crippen molar-refractivity contribution in [3.05, 3.63) is 65.6 Å². The third kappa shape index (κ3) is 2.11. The monoisotopic (exact) mass is 295 g/mol. The van der Waals surface area contributed by atoms with Crippen LogP contribution in [0.5, 0.6) is 0 Å². The van der Waals surface area contributed by atoms with E-state index in [1.807, 2.05) is 24.3 Å². The summed E-state index contributed by atoms with van der Waals surface area (Å²) >= 11 is 0. The molecule has 0 bridgehead atoms. The fourth-order valence-corrected chi connectivity index (χ4v) is 2.87. The van der Waals surface area contributed by atoms with Crippen LogP contribution in [0.25, 0.3) is 10.9 Å². The molecule has 0 spiro atoms. The largest absolute Gasteiger partial charge is 0.359 e. The Balaban J connectivity index is 1.56. The van der Waals surface area contributed by atoms with Crippen LogP contribution in [-0.2, 0) is 13.1 Å². The number of rotatable bonds is 1. The fraction of sp³-hybridized carbons (Fsp3) is 0.118. The first-order chi connectivity index (χ1) is 10.7. The molecule has 2 heterocycles. The van der Waals surface area contributed by atoms with Gasteiger partial charge in [0.25, 0.3) is 0 Å². The molecule has 5 heteroatoms. The van der Waals surface area contributed by atoms with Crippen molar-refractivity contribution in [2.75, 3.05) is 5.32 Å². The molecule has 1 aliphatic heterocycles. The van der Waals surface area contributed by atoms with E-state index in [1.165, 1.54) is 23.3 Å². The highest BCUT2D eigenvalue weighted by atomic mass is 19.1. The predicted octanol–water partition coefficient (Wildman–Crippen LogP) is 3.85. The summed E-state index contributed by atoms with van der Waals surface area (Å²) in [7, 11) is 0. The number of aromatic nitrogens is 1. The van der Waals surface area contributed by atoms with Crippen LogP contribution in [0.1, 0.15) is 11.1 Å². The van der Waals surface area contributed by atoms with Gasteiger partial charge >= 0.3 is 6.03 Å². The molecule has 4 rings (SSSR count). The average molecular weight is 295 g/mol. The third-order valence-electron chi connectivity index (χ3n) is 4.01. The number of anilines is 1. The number of amides is 2. The first-order valence-corrected chi connectivity index (χ1v) is 7.10. The van der Waals surface area contributed by atoms with Crippen LogP contribution in [0, 0.1) is 5.82 Å². The topological polar surface area (TPSA) is 48.1 Å². The average Bonchev–Trinajstić information content (AvgIpc) is 3.11. The van der Waals surface area contributed by atoms with E-state index in [2.05, 4.69) is 10.3 Å². The zero-order valence-electron chi connectivity index (χ0n) is 11.8. The summed E-state index contributed by atoms with van der Waals surface area (Å²) in [5.74, 6) is -0.323. The molecule has 0 saturated heterocycles. The fourth-order valence-electron chi connectivity index (χ4n) is 2.87. The summed E-state index contributed by atoms with van der Waals surface area (Å²) in [6, 6.07) is 12.3. The van der Waals surface area contributed by atoms with Crippen molar-refractivity contribution >= 4 is 22.6 Å². The maximum Gasteiger partial charge on any atom is 0.322 e. The highest BCUT2D eigenvalue weighted by molar-refractivity contribution is 6.01. The SMILES string of the molecule is O=C(Nc1c[nH]c2ccc(F)cc12)N1Cc2ccccc2C1. The molecule has 0 atom stereocenters. The quantitative estimate of drug-likeness (QED) is 0.703. The lowest BCUT2D eigenvalue weighted by atomic mass is 10.1. The maximum atomic E-state index is 13.4. The summed E-state index contributed by atoms with van der Waals surface area (Å²) in [6.45, 7) is 1.19. The van der Waals surface area contributed by atoms with Crippen molar-refractivity contribution in [1.29, 1.82) is 0 Å². The van der Waals surface area contributed by atoms with Gasteiger partial charge in [0.05, 0.1) is 5.69 Å². The van der Waals surface area contributed by atoms with E-state index in [0.29, 0.717) is 24.2 Å². The van der Waals surface area contributed by atoms with Crippen molar-refractivity contribution in [3.63, 3.8) is 0 Å². The molecule has 0 saturated carbocycles. The number of aromatic amines is 1. The van der Waals surface area contributed by atoms with Gasteiger partial charge in [-0.2, -0.15) is 0 Å². The van der Waals surface area contributed by atoms with Gasteiger partial charge in [-0.25, -0.2) is 9.18 Å². The van der Waals surface area contributed by atoms with Gasteiger partial charge in [0.2, 0.25) is 0 Å². The Morgan fingerprint density at radius 3 is 2.59 bits per heavy atom. The van der Waals surface area contributed by atoms with Gasteiger partial charge < -0.3 is 15.2 Å². The lowest BCUT2D eigenvalue weighted by Gasteiger charge is -2.16. The molecule has 3 aromatic rings. The highest BCUT2D eigenvalue weighted by Crippen LogP contribution is 2.26. The maximum absolute atomic E-state index is 13.4. The number of nitrogens with zero attached hydrogens (tertiary/aromatic N) is 1. The Hall–Kier alpha value is -2.82. The number of fused-ring (bicyclic) bond motifs is 2. The minimum absolute atomic E-state index is 0.179. The molecule has 0 unspecified atom stereocenters. The van der Waals surface area contributed by atoms with Gasteiger partial charge in [0.15, 0.2) is 0 Å². The van der Waals surface area contributed by atoms with E-state index in [4.69, 9.17) is 0 Å². The first-order valence-electron chi connectivity index (χ1n) is 7.10. The number of hydrogen-bond donors (Lipinski definition) is 2. The van der Waals surface area contributed by atoms with Gasteiger partial charge in [-0.15, -0.1) is 0 Å². The lowest BCUT2D eigenvalue weighted by molar-refractivity contribution is 0.212. The molecule has 2 aromatic carbocycles. The Bertz CT molecular complexity index is 846. The normalized spacial score (nSPS) is 13.4. The van der Waals surface area contributed by atoms with Crippen LogP contribution in [0.4, 0.5) is 14.9 Å². The molecule has 2 N–H and O–H groups in total. The second-order valence-electron chi connectivity index (χ2n) is 5.45. The second-order valence-corrected chi connectivity index (χ2v) is 5.45. The molecule has 0 fully saturated rings. The van der Waals surface area contributed by atoms with Gasteiger partial charge in [0, 0.05) is 30.2 Å². The van der Waals surface area contributed by atoms with E-state index in [-0.39, 0.29) is 11.8 Å². The Morgan fingerprint density at radius 1 is 1.14 bits per heavy atom. The molecule has 1 aliphatic rings. The zero-order chi connectivity index (χ0) is 15.1. The molecule has 4 nitrogen and oxygen atoms in total. The minimum Gasteiger partial charge on any atom is -0.359 e. The minimum atomic E-state index is -0.323. The van der Waals surface area contributed by atoms with Crippen LogP contribution in [0.3, 0.4) is 0 Å². The van der Waals surface area contributed by atoms with Gasteiger partial charge in [-0.3, -0.25) is 0 Å².